The number of fused-ring (bicyclic) bond motifs is 6. The number of hydrogen-bond acceptors (Lipinski definition) is 7. The Kier molecular flexibility index (Phi) is 2.70. The highest BCUT2D eigenvalue weighted by Crippen LogP contribution is 2.49. The number of aromatic nitrogens is 5. The van der Waals surface area contributed by atoms with E-state index in [9.17, 15) is 4.39 Å². The first-order valence-electron chi connectivity index (χ1n) is 8.64. The molecular weight excluding hydrogens is 351 g/mol. The van der Waals surface area contributed by atoms with Crippen molar-refractivity contribution in [3.8, 4) is 5.69 Å². The van der Waals surface area contributed by atoms with Crippen molar-refractivity contribution in [1.82, 2.24) is 24.7 Å². The average molecular weight is 366 g/mol. The zero-order chi connectivity index (χ0) is 18.2. The molecule has 2 aromatic heterocycles. The summed E-state index contributed by atoms with van der Waals surface area (Å²) in [6, 6.07) is 7.60. The van der Waals surface area contributed by atoms with Crippen molar-refractivity contribution in [3.05, 3.63) is 54.0 Å². The van der Waals surface area contributed by atoms with Gasteiger partial charge in [-0.2, -0.15) is 9.51 Å². The number of anilines is 1. The third kappa shape index (κ3) is 1.80. The fourth-order valence-corrected chi connectivity index (χ4v) is 3.91. The van der Waals surface area contributed by atoms with Crippen molar-refractivity contribution >= 4 is 12.2 Å². The van der Waals surface area contributed by atoms with Crippen LogP contribution in [0.1, 0.15) is 30.3 Å². The molecule has 0 amide bonds. The molecule has 3 aromatic rings. The smallest absolute Gasteiger partial charge is 0.295 e. The largest absolute Gasteiger partial charge is 0.372 e. The van der Waals surface area contributed by atoms with E-state index in [2.05, 4.69) is 20.3 Å². The van der Waals surface area contributed by atoms with Gasteiger partial charge in [-0.05, 0) is 24.1 Å². The first kappa shape index (κ1) is 14.9. The molecule has 136 valence electrons. The van der Waals surface area contributed by atoms with Crippen molar-refractivity contribution in [2.24, 2.45) is 4.99 Å². The van der Waals surface area contributed by atoms with E-state index >= 15 is 0 Å². The van der Waals surface area contributed by atoms with Crippen LogP contribution in [0.5, 0.6) is 0 Å². The van der Waals surface area contributed by atoms with Crippen LogP contribution in [0.2, 0.25) is 0 Å². The molecule has 1 aromatic carbocycles. The first-order valence-corrected chi connectivity index (χ1v) is 8.64. The van der Waals surface area contributed by atoms with Gasteiger partial charge in [0.1, 0.15) is 17.6 Å². The Labute approximate surface area is 153 Å². The number of hydrogen-bond donors (Lipinski definition) is 0. The minimum atomic E-state index is -0.572. The van der Waals surface area contributed by atoms with Gasteiger partial charge < -0.3 is 4.74 Å². The van der Waals surface area contributed by atoms with E-state index in [1.165, 1.54) is 10.8 Å². The molecule has 1 aliphatic carbocycles. The first-order chi connectivity index (χ1) is 13.2. The van der Waals surface area contributed by atoms with Gasteiger partial charge in [-0.25, -0.2) is 15.0 Å². The minimum absolute atomic E-state index is 0.334. The molecule has 9 nitrogen and oxygen atoms in total. The normalized spacial score (nSPS) is 21.2. The highest BCUT2D eigenvalue weighted by atomic mass is 19.1. The topological polar surface area (TPSA) is 76.6 Å². The third-order valence-corrected chi connectivity index (χ3v) is 5.44. The molecule has 0 N–H and O–H groups in total. The van der Waals surface area contributed by atoms with Gasteiger partial charge in [-0.15, -0.1) is 9.89 Å². The van der Waals surface area contributed by atoms with Gasteiger partial charge in [0.2, 0.25) is 0 Å². The van der Waals surface area contributed by atoms with Gasteiger partial charge in [-0.3, -0.25) is 4.57 Å². The highest BCUT2D eigenvalue weighted by molar-refractivity contribution is 5.79. The number of halogens is 1. The summed E-state index contributed by atoms with van der Waals surface area (Å²) in [5.74, 6) is 0.567. The van der Waals surface area contributed by atoms with Crippen LogP contribution in [0.15, 0.2) is 41.7 Å². The molecule has 0 radical (unpaired) electrons. The maximum atomic E-state index is 14.5. The SMILES string of the molecule is COC1(c2cnnn2N2C=NC3c4ccccc4-n4c(cnc4F)N32)CC1. The van der Waals surface area contributed by atoms with Gasteiger partial charge in [0.15, 0.2) is 12.0 Å². The van der Waals surface area contributed by atoms with E-state index < -0.39 is 6.08 Å². The average Bonchev–Trinajstić information content (AvgIpc) is 3.03. The van der Waals surface area contributed by atoms with Gasteiger partial charge in [0, 0.05) is 12.7 Å². The number of aliphatic imine (C=N–C) groups is 1. The Bertz CT molecular complexity index is 1080. The second kappa shape index (κ2) is 4.92. The number of para-hydroxylation sites is 1. The molecule has 0 bridgehead atoms. The Hall–Kier alpha value is -3.27. The quantitative estimate of drug-likeness (QED) is 0.702. The summed E-state index contributed by atoms with van der Waals surface area (Å²) in [6.07, 6.45) is 5.78. The number of imidazole rings is 1. The van der Waals surface area contributed by atoms with Gasteiger partial charge in [-0.1, -0.05) is 18.2 Å². The minimum Gasteiger partial charge on any atom is -0.372 e. The van der Waals surface area contributed by atoms with Crippen LogP contribution >= 0.6 is 0 Å². The van der Waals surface area contributed by atoms with E-state index in [1.54, 1.807) is 29.6 Å². The van der Waals surface area contributed by atoms with E-state index in [0.717, 1.165) is 29.8 Å². The molecule has 0 saturated heterocycles. The van der Waals surface area contributed by atoms with Crippen molar-refractivity contribution < 1.29 is 9.13 Å². The fourth-order valence-electron chi connectivity index (χ4n) is 3.91. The summed E-state index contributed by atoms with van der Waals surface area (Å²) >= 11 is 0. The Morgan fingerprint density at radius 3 is 2.89 bits per heavy atom. The number of hydrazine groups is 1. The summed E-state index contributed by atoms with van der Waals surface area (Å²) in [6.45, 7) is 0. The highest BCUT2D eigenvalue weighted by Gasteiger charge is 2.50. The van der Waals surface area contributed by atoms with Crippen LogP contribution in [-0.4, -0.2) is 38.1 Å². The number of benzene rings is 1. The predicted molar refractivity (Wildman–Crippen MR) is 93.4 cm³/mol. The van der Waals surface area contributed by atoms with Crippen LogP contribution < -0.4 is 10.1 Å². The van der Waals surface area contributed by atoms with Crippen molar-refractivity contribution in [3.63, 3.8) is 0 Å². The van der Waals surface area contributed by atoms with E-state index in [0.29, 0.717) is 5.82 Å². The van der Waals surface area contributed by atoms with Crippen molar-refractivity contribution in [2.75, 3.05) is 17.2 Å². The summed E-state index contributed by atoms with van der Waals surface area (Å²) < 4.78 is 21.7. The standard InChI is InChI=1S/C17H15FN8O/c1-27-17(6-7-17)13-8-21-22-26(13)23-10-20-15-11-4-2-3-5-12(11)24-14(25(15)23)9-19-16(24)18/h2-5,8-10,15H,6-7H2,1H3. The molecule has 1 unspecified atom stereocenters. The molecule has 2 aliphatic heterocycles. The Morgan fingerprint density at radius 2 is 2.07 bits per heavy atom. The van der Waals surface area contributed by atoms with E-state index in [1.807, 2.05) is 29.3 Å². The zero-order valence-electron chi connectivity index (χ0n) is 14.4. The maximum Gasteiger partial charge on any atom is 0.295 e. The summed E-state index contributed by atoms with van der Waals surface area (Å²) in [5.41, 5.74) is 2.07. The van der Waals surface area contributed by atoms with Gasteiger partial charge in [0.25, 0.3) is 6.08 Å². The number of methoxy groups -OCH3 is 1. The molecular formula is C17H15FN8O. The lowest BCUT2D eigenvalue weighted by Crippen LogP contribution is -2.50. The van der Waals surface area contributed by atoms with Gasteiger partial charge >= 0.3 is 0 Å². The number of nitrogens with zero attached hydrogens (tertiary/aromatic N) is 8. The monoisotopic (exact) mass is 366 g/mol. The maximum absolute atomic E-state index is 14.5. The second-order valence-electron chi connectivity index (χ2n) is 6.79. The molecule has 3 aliphatic rings. The lowest BCUT2D eigenvalue weighted by molar-refractivity contribution is 0.0710. The summed E-state index contributed by atoms with van der Waals surface area (Å²) in [4.78, 5) is 10.2. The Balaban J connectivity index is 1.52. The van der Waals surface area contributed by atoms with Crippen LogP contribution in [0.3, 0.4) is 0 Å². The molecule has 1 fully saturated rings. The molecule has 0 spiro atoms. The van der Waals surface area contributed by atoms with Crippen molar-refractivity contribution in [2.45, 2.75) is 24.6 Å². The third-order valence-electron chi connectivity index (χ3n) is 5.44. The molecule has 10 heteroatoms. The molecule has 27 heavy (non-hydrogen) atoms. The fraction of sp³-hybridized carbons (Fsp3) is 0.294. The lowest BCUT2D eigenvalue weighted by atomic mass is 10.1. The van der Waals surface area contributed by atoms with Crippen LogP contribution in [0.25, 0.3) is 5.69 Å². The molecule has 6 rings (SSSR count). The van der Waals surface area contributed by atoms with Crippen molar-refractivity contribution in [1.29, 1.82) is 0 Å². The molecule has 1 saturated carbocycles. The van der Waals surface area contributed by atoms with Crippen LogP contribution in [0.4, 0.5) is 10.2 Å². The molecule has 4 heterocycles. The molecule has 1 atom stereocenters. The second-order valence-corrected chi connectivity index (χ2v) is 6.79. The number of rotatable bonds is 3. The van der Waals surface area contributed by atoms with Crippen LogP contribution in [-0.2, 0) is 10.3 Å². The zero-order valence-corrected chi connectivity index (χ0v) is 14.4. The van der Waals surface area contributed by atoms with Crippen LogP contribution in [0, 0.1) is 6.08 Å². The number of ether oxygens (including phenoxy) is 1. The summed E-state index contributed by atoms with van der Waals surface area (Å²) in [5, 5.41) is 11.9. The lowest BCUT2D eigenvalue weighted by Gasteiger charge is -2.37. The van der Waals surface area contributed by atoms with E-state index in [-0.39, 0.29) is 11.8 Å². The van der Waals surface area contributed by atoms with E-state index in [4.69, 9.17) is 4.74 Å². The summed E-state index contributed by atoms with van der Waals surface area (Å²) in [7, 11) is 1.69. The van der Waals surface area contributed by atoms with Gasteiger partial charge in [0.05, 0.1) is 18.1 Å². The Morgan fingerprint density at radius 1 is 1.22 bits per heavy atom. The predicted octanol–water partition coefficient (Wildman–Crippen LogP) is 1.65.